The first kappa shape index (κ1) is 12.1. The van der Waals surface area contributed by atoms with Gasteiger partial charge in [-0.1, -0.05) is 45.8 Å². The SMILES string of the molecule is Cc1ccc(CC2(CBr)CCCOC2)cc1. The molecule has 1 aliphatic heterocycles. The van der Waals surface area contributed by atoms with E-state index in [-0.39, 0.29) is 0 Å². The molecule has 2 rings (SSSR count). The molecule has 0 aliphatic carbocycles. The van der Waals surface area contributed by atoms with Crippen LogP contribution >= 0.6 is 15.9 Å². The third-order valence-corrected chi connectivity index (χ3v) is 4.58. The van der Waals surface area contributed by atoms with Gasteiger partial charge in [0.05, 0.1) is 6.61 Å². The monoisotopic (exact) mass is 282 g/mol. The Bertz CT molecular complexity index is 325. The normalized spacial score (nSPS) is 25.6. The van der Waals surface area contributed by atoms with Crippen molar-refractivity contribution in [1.29, 1.82) is 0 Å². The van der Waals surface area contributed by atoms with Gasteiger partial charge in [-0.05, 0) is 31.7 Å². The molecule has 1 aromatic rings. The summed E-state index contributed by atoms with van der Waals surface area (Å²) in [6.45, 7) is 3.96. The van der Waals surface area contributed by atoms with E-state index in [9.17, 15) is 0 Å². The Morgan fingerprint density at radius 3 is 2.62 bits per heavy atom. The number of alkyl halides is 1. The number of aryl methyl sites for hydroxylation is 1. The highest BCUT2D eigenvalue weighted by Crippen LogP contribution is 2.34. The average Bonchev–Trinajstić information content (AvgIpc) is 2.33. The van der Waals surface area contributed by atoms with Gasteiger partial charge in [0, 0.05) is 17.4 Å². The van der Waals surface area contributed by atoms with Crippen LogP contribution in [0.4, 0.5) is 0 Å². The minimum atomic E-state index is 0.313. The van der Waals surface area contributed by atoms with Crippen molar-refractivity contribution in [1.82, 2.24) is 0 Å². The zero-order valence-electron chi connectivity index (χ0n) is 9.84. The van der Waals surface area contributed by atoms with Gasteiger partial charge in [-0.3, -0.25) is 0 Å². The molecule has 0 aromatic heterocycles. The molecule has 0 amide bonds. The van der Waals surface area contributed by atoms with Crippen molar-refractivity contribution in [3.05, 3.63) is 35.4 Å². The minimum absolute atomic E-state index is 0.313. The Labute approximate surface area is 106 Å². The number of benzene rings is 1. The Balaban J connectivity index is 2.08. The zero-order chi connectivity index (χ0) is 11.4. The molecule has 16 heavy (non-hydrogen) atoms. The number of hydrogen-bond donors (Lipinski definition) is 0. The summed E-state index contributed by atoms with van der Waals surface area (Å²) in [5.41, 5.74) is 3.07. The predicted octanol–water partition coefficient (Wildman–Crippen LogP) is 3.73. The summed E-state index contributed by atoms with van der Waals surface area (Å²) in [5.74, 6) is 0. The summed E-state index contributed by atoms with van der Waals surface area (Å²) in [5, 5.41) is 1.04. The van der Waals surface area contributed by atoms with Gasteiger partial charge in [0.25, 0.3) is 0 Å². The van der Waals surface area contributed by atoms with Crippen LogP contribution in [0.1, 0.15) is 24.0 Å². The van der Waals surface area contributed by atoms with Gasteiger partial charge in [-0.25, -0.2) is 0 Å². The van der Waals surface area contributed by atoms with Crippen molar-refractivity contribution in [3.63, 3.8) is 0 Å². The van der Waals surface area contributed by atoms with E-state index in [4.69, 9.17) is 4.74 Å². The van der Waals surface area contributed by atoms with Crippen molar-refractivity contribution < 1.29 is 4.74 Å². The molecule has 1 saturated heterocycles. The summed E-state index contributed by atoms with van der Waals surface area (Å²) < 4.78 is 5.64. The lowest BCUT2D eigenvalue weighted by Crippen LogP contribution is -2.35. The van der Waals surface area contributed by atoms with Gasteiger partial charge in [0.1, 0.15) is 0 Å². The third kappa shape index (κ3) is 2.86. The number of hydrogen-bond acceptors (Lipinski definition) is 1. The van der Waals surface area contributed by atoms with Crippen molar-refractivity contribution in [3.8, 4) is 0 Å². The summed E-state index contributed by atoms with van der Waals surface area (Å²) in [4.78, 5) is 0. The van der Waals surface area contributed by atoms with Crippen molar-refractivity contribution in [2.45, 2.75) is 26.2 Å². The van der Waals surface area contributed by atoms with E-state index < -0.39 is 0 Å². The van der Waals surface area contributed by atoms with Gasteiger partial charge in [-0.15, -0.1) is 0 Å². The largest absolute Gasteiger partial charge is 0.381 e. The number of halogens is 1. The lowest BCUT2D eigenvalue weighted by Gasteiger charge is -2.35. The van der Waals surface area contributed by atoms with E-state index in [0.29, 0.717) is 5.41 Å². The van der Waals surface area contributed by atoms with Crippen LogP contribution in [0.15, 0.2) is 24.3 Å². The van der Waals surface area contributed by atoms with Gasteiger partial charge in [-0.2, -0.15) is 0 Å². The van der Waals surface area contributed by atoms with E-state index in [0.717, 1.165) is 25.0 Å². The van der Waals surface area contributed by atoms with Crippen LogP contribution in [0.3, 0.4) is 0 Å². The molecule has 2 heteroatoms. The highest BCUT2D eigenvalue weighted by molar-refractivity contribution is 9.09. The lowest BCUT2D eigenvalue weighted by atomic mass is 9.79. The van der Waals surface area contributed by atoms with E-state index >= 15 is 0 Å². The first-order valence-electron chi connectivity index (χ1n) is 5.93. The number of ether oxygens (including phenoxy) is 1. The molecule has 1 nitrogen and oxygen atoms in total. The smallest absolute Gasteiger partial charge is 0.0533 e. The standard InChI is InChI=1S/C14H19BrO/c1-12-3-5-13(6-4-12)9-14(10-15)7-2-8-16-11-14/h3-6H,2,7-11H2,1H3. The van der Waals surface area contributed by atoms with Crippen LogP contribution in [-0.2, 0) is 11.2 Å². The third-order valence-electron chi connectivity index (χ3n) is 3.39. The molecule has 1 fully saturated rings. The van der Waals surface area contributed by atoms with Crippen LogP contribution < -0.4 is 0 Å². The van der Waals surface area contributed by atoms with Gasteiger partial charge < -0.3 is 4.74 Å². The van der Waals surface area contributed by atoms with Crippen LogP contribution in [0, 0.1) is 12.3 Å². The second-order valence-electron chi connectivity index (χ2n) is 4.95. The molecule has 1 aromatic carbocycles. The highest BCUT2D eigenvalue weighted by Gasteiger charge is 2.31. The first-order valence-corrected chi connectivity index (χ1v) is 7.06. The Morgan fingerprint density at radius 1 is 1.31 bits per heavy atom. The van der Waals surface area contributed by atoms with Crippen molar-refractivity contribution >= 4 is 15.9 Å². The van der Waals surface area contributed by atoms with E-state index in [1.165, 1.54) is 24.0 Å². The molecule has 0 bridgehead atoms. The topological polar surface area (TPSA) is 9.23 Å². The molecule has 1 atom stereocenters. The molecule has 88 valence electrons. The molecule has 0 N–H and O–H groups in total. The summed E-state index contributed by atoms with van der Waals surface area (Å²) >= 11 is 3.66. The second kappa shape index (κ2) is 5.33. The Morgan fingerprint density at radius 2 is 2.06 bits per heavy atom. The van der Waals surface area contributed by atoms with Crippen molar-refractivity contribution in [2.75, 3.05) is 18.5 Å². The first-order chi connectivity index (χ1) is 7.74. The van der Waals surface area contributed by atoms with E-state index in [2.05, 4.69) is 47.1 Å². The fourth-order valence-electron chi connectivity index (χ4n) is 2.34. The summed E-state index contributed by atoms with van der Waals surface area (Å²) in [6.07, 6.45) is 3.59. The fraction of sp³-hybridized carbons (Fsp3) is 0.571. The molecule has 0 spiro atoms. The molecular formula is C14H19BrO. The molecule has 1 unspecified atom stereocenters. The highest BCUT2D eigenvalue weighted by atomic mass is 79.9. The molecular weight excluding hydrogens is 264 g/mol. The van der Waals surface area contributed by atoms with Crippen molar-refractivity contribution in [2.24, 2.45) is 5.41 Å². The molecule has 0 radical (unpaired) electrons. The van der Waals surface area contributed by atoms with Gasteiger partial charge in [0.15, 0.2) is 0 Å². The van der Waals surface area contributed by atoms with Crippen LogP contribution in [0.2, 0.25) is 0 Å². The molecule has 0 saturated carbocycles. The maximum absolute atomic E-state index is 5.64. The maximum Gasteiger partial charge on any atom is 0.0533 e. The second-order valence-corrected chi connectivity index (χ2v) is 5.51. The van der Waals surface area contributed by atoms with E-state index in [1.54, 1.807) is 0 Å². The van der Waals surface area contributed by atoms with Crippen LogP contribution in [0.5, 0.6) is 0 Å². The molecule has 1 heterocycles. The zero-order valence-corrected chi connectivity index (χ0v) is 11.4. The Kier molecular flexibility index (Phi) is 4.04. The quantitative estimate of drug-likeness (QED) is 0.768. The summed E-state index contributed by atoms with van der Waals surface area (Å²) in [6, 6.07) is 8.88. The number of rotatable bonds is 3. The average molecular weight is 283 g/mol. The van der Waals surface area contributed by atoms with Crippen LogP contribution in [0.25, 0.3) is 0 Å². The summed E-state index contributed by atoms with van der Waals surface area (Å²) in [7, 11) is 0. The van der Waals surface area contributed by atoms with Gasteiger partial charge >= 0.3 is 0 Å². The predicted molar refractivity (Wildman–Crippen MR) is 71.2 cm³/mol. The minimum Gasteiger partial charge on any atom is -0.381 e. The molecule has 1 aliphatic rings. The van der Waals surface area contributed by atoms with Crippen LogP contribution in [-0.4, -0.2) is 18.5 Å². The maximum atomic E-state index is 5.64. The lowest BCUT2D eigenvalue weighted by molar-refractivity contribution is 0.00615. The van der Waals surface area contributed by atoms with Gasteiger partial charge in [0.2, 0.25) is 0 Å². The fourth-order valence-corrected chi connectivity index (χ4v) is 2.98. The Hall–Kier alpha value is -0.340. The van der Waals surface area contributed by atoms with E-state index in [1.807, 2.05) is 0 Å².